The van der Waals surface area contributed by atoms with E-state index in [2.05, 4.69) is 18.3 Å². The van der Waals surface area contributed by atoms with E-state index in [0.717, 1.165) is 30.7 Å². The van der Waals surface area contributed by atoms with E-state index in [0.29, 0.717) is 6.61 Å². The van der Waals surface area contributed by atoms with E-state index >= 15 is 0 Å². The van der Waals surface area contributed by atoms with Crippen LogP contribution in [0.2, 0.25) is 0 Å². The maximum atomic E-state index is 5.78. The molecule has 0 aliphatic heterocycles. The van der Waals surface area contributed by atoms with E-state index in [1.165, 1.54) is 31.2 Å². The Morgan fingerprint density at radius 2 is 2.33 bits per heavy atom. The zero-order valence-electron chi connectivity index (χ0n) is 11.6. The van der Waals surface area contributed by atoms with Gasteiger partial charge in [-0.1, -0.05) is 19.8 Å². The van der Waals surface area contributed by atoms with Crippen LogP contribution in [0.5, 0.6) is 0 Å². The fourth-order valence-electron chi connectivity index (χ4n) is 2.84. The molecule has 2 atom stereocenters. The lowest BCUT2D eigenvalue weighted by Crippen LogP contribution is -2.18. The smallest absolute Gasteiger partial charge is 0.129 e. The molecule has 0 radical (unpaired) electrons. The number of nitrogens with one attached hydrogen (secondary N) is 1. The van der Waals surface area contributed by atoms with E-state index in [-0.39, 0.29) is 0 Å². The van der Waals surface area contributed by atoms with Crippen LogP contribution in [-0.4, -0.2) is 13.7 Å². The zero-order chi connectivity index (χ0) is 12.8. The van der Waals surface area contributed by atoms with Gasteiger partial charge in [-0.2, -0.15) is 0 Å². The molecular formula is C15H25NO2. The van der Waals surface area contributed by atoms with Crippen molar-refractivity contribution in [3.05, 3.63) is 23.7 Å². The van der Waals surface area contributed by atoms with E-state index in [4.69, 9.17) is 9.15 Å². The molecule has 1 aliphatic rings. The topological polar surface area (TPSA) is 34.4 Å². The van der Waals surface area contributed by atoms with Gasteiger partial charge in [-0.05, 0) is 37.8 Å². The first-order chi connectivity index (χ1) is 8.78. The lowest BCUT2D eigenvalue weighted by Gasteiger charge is -2.26. The Balaban J connectivity index is 1.67. The number of ether oxygens (including phenoxy) is 1. The minimum atomic E-state index is 0.606. The third-order valence-corrected chi connectivity index (χ3v) is 3.73. The van der Waals surface area contributed by atoms with Crippen LogP contribution in [0.15, 0.2) is 16.7 Å². The third-order valence-electron chi connectivity index (χ3n) is 3.73. The average Bonchev–Trinajstić information content (AvgIpc) is 2.78. The highest BCUT2D eigenvalue weighted by atomic mass is 16.5. The third kappa shape index (κ3) is 4.14. The molecule has 0 bridgehead atoms. The van der Waals surface area contributed by atoms with E-state index in [9.17, 15) is 0 Å². The molecule has 1 saturated carbocycles. The van der Waals surface area contributed by atoms with E-state index < -0.39 is 0 Å². The highest BCUT2D eigenvalue weighted by Crippen LogP contribution is 2.28. The summed E-state index contributed by atoms with van der Waals surface area (Å²) in [7, 11) is 1.94. The molecule has 0 amide bonds. The van der Waals surface area contributed by atoms with Crippen molar-refractivity contribution in [3.8, 4) is 0 Å². The van der Waals surface area contributed by atoms with Gasteiger partial charge in [0.15, 0.2) is 0 Å². The van der Waals surface area contributed by atoms with Gasteiger partial charge in [-0.25, -0.2) is 0 Å². The maximum absolute atomic E-state index is 5.78. The summed E-state index contributed by atoms with van der Waals surface area (Å²) in [6.07, 6.45) is 7.21. The first kappa shape index (κ1) is 13.6. The molecule has 0 saturated heterocycles. The molecule has 3 nitrogen and oxygen atoms in total. The van der Waals surface area contributed by atoms with Gasteiger partial charge in [0, 0.05) is 12.1 Å². The van der Waals surface area contributed by atoms with Crippen molar-refractivity contribution < 1.29 is 9.15 Å². The van der Waals surface area contributed by atoms with Crippen LogP contribution in [0, 0.1) is 11.8 Å². The molecule has 102 valence electrons. The summed E-state index contributed by atoms with van der Waals surface area (Å²) in [6, 6.07) is 2.07. The predicted octanol–water partition coefficient (Wildman–Crippen LogP) is 3.34. The summed E-state index contributed by atoms with van der Waals surface area (Å²) in [5, 5.41) is 3.11. The molecule has 1 heterocycles. The number of rotatable bonds is 6. The van der Waals surface area contributed by atoms with Gasteiger partial charge in [0.2, 0.25) is 0 Å². The summed E-state index contributed by atoms with van der Waals surface area (Å²) < 4.78 is 11.2. The Morgan fingerprint density at radius 1 is 1.44 bits per heavy atom. The fourth-order valence-corrected chi connectivity index (χ4v) is 2.84. The second kappa shape index (κ2) is 6.95. The van der Waals surface area contributed by atoms with Crippen LogP contribution in [0.4, 0.5) is 0 Å². The van der Waals surface area contributed by atoms with Crippen molar-refractivity contribution in [2.24, 2.45) is 11.8 Å². The molecule has 18 heavy (non-hydrogen) atoms. The van der Waals surface area contributed by atoms with E-state index in [1.807, 2.05) is 7.05 Å². The monoisotopic (exact) mass is 251 g/mol. The Hall–Kier alpha value is -0.800. The van der Waals surface area contributed by atoms with Crippen LogP contribution < -0.4 is 5.32 Å². The molecule has 3 heteroatoms. The van der Waals surface area contributed by atoms with Crippen molar-refractivity contribution in [1.29, 1.82) is 0 Å². The highest BCUT2D eigenvalue weighted by molar-refractivity contribution is 5.11. The highest BCUT2D eigenvalue weighted by Gasteiger charge is 2.18. The minimum absolute atomic E-state index is 0.606. The van der Waals surface area contributed by atoms with Crippen molar-refractivity contribution in [2.45, 2.75) is 45.8 Å². The minimum Gasteiger partial charge on any atom is -0.467 e. The summed E-state index contributed by atoms with van der Waals surface area (Å²) in [6.45, 7) is 4.69. The summed E-state index contributed by atoms with van der Waals surface area (Å²) in [5.74, 6) is 2.56. The van der Waals surface area contributed by atoms with Crippen LogP contribution >= 0.6 is 0 Å². The zero-order valence-corrected chi connectivity index (χ0v) is 11.6. The van der Waals surface area contributed by atoms with Crippen molar-refractivity contribution >= 4 is 0 Å². The van der Waals surface area contributed by atoms with Crippen LogP contribution in [0.1, 0.15) is 43.9 Å². The quantitative estimate of drug-likeness (QED) is 0.842. The Morgan fingerprint density at radius 3 is 3.11 bits per heavy atom. The molecule has 2 rings (SSSR count). The molecule has 1 aromatic heterocycles. The number of hydrogen-bond donors (Lipinski definition) is 1. The van der Waals surface area contributed by atoms with E-state index in [1.54, 1.807) is 6.26 Å². The Bertz CT molecular complexity index is 348. The van der Waals surface area contributed by atoms with Crippen LogP contribution in [0.25, 0.3) is 0 Å². The SMILES string of the molecule is CNCc1coc(COCC2CCCC(C)C2)c1. The van der Waals surface area contributed by atoms with Gasteiger partial charge in [-0.15, -0.1) is 0 Å². The Labute approximate surface area is 110 Å². The van der Waals surface area contributed by atoms with Gasteiger partial charge < -0.3 is 14.5 Å². The lowest BCUT2D eigenvalue weighted by molar-refractivity contribution is 0.0565. The second-order valence-corrected chi connectivity index (χ2v) is 5.60. The van der Waals surface area contributed by atoms with Crippen LogP contribution in [-0.2, 0) is 17.9 Å². The number of furan rings is 1. The molecule has 0 aromatic carbocycles. The van der Waals surface area contributed by atoms with Crippen molar-refractivity contribution in [3.63, 3.8) is 0 Å². The van der Waals surface area contributed by atoms with Crippen molar-refractivity contribution in [1.82, 2.24) is 5.32 Å². The first-order valence-corrected chi connectivity index (χ1v) is 7.06. The fraction of sp³-hybridized carbons (Fsp3) is 0.733. The molecular weight excluding hydrogens is 226 g/mol. The average molecular weight is 251 g/mol. The van der Waals surface area contributed by atoms with Gasteiger partial charge in [0.05, 0.1) is 12.9 Å². The summed E-state index contributed by atoms with van der Waals surface area (Å²) in [5.41, 5.74) is 1.18. The second-order valence-electron chi connectivity index (χ2n) is 5.60. The first-order valence-electron chi connectivity index (χ1n) is 7.06. The van der Waals surface area contributed by atoms with Gasteiger partial charge in [-0.3, -0.25) is 0 Å². The molecule has 1 N–H and O–H groups in total. The van der Waals surface area contributed by atoms with Crippen molar-refractivity contribution in [2.75, 3.05) is 13.7 Å². The summed E-state index contributed by atoms with van der Waals surface area (Å²) in [4.78, 5) is 0. The molecule has 1 fully saturated rings. The normalized spacial score (nSPS) is 24.3. The largest absolute Gasteiger partial charge is 0.467 e. The maximum Gasteiger partial charge on any atom is 0.129 e. The molecule has 2 unspecified atom stereocenters. The summed E-state index contributed by atoms with van der Waals surface area (Å²) >= 11 is 0. The van der Waals surface area contributed by atoms with Crippen LogP contribution in [0.3, 0.4) is 0 Å². The predicted molar refractivity (Wildman–Crippen MR) is 72.2 cm³/mol. The van der Waals surface area contributed by atoms with Gasteiger partial charge in [0.25, 0.3) is 0 Å². The molecule has 1 aromatic rings. The number of hydrogen-bond acceptors (Lipinski definition) is 3. The lowest BCUT2D eigenvalue weighted by atomic mass is 9.83. The molecule has 1 aliphatic carbocycles. The van der Waals surface area contributed by atoms with Gasteiger partial charge in [0.1, 0.15) is 12.4 Å². The molecule has 0 spiro atoms. The Kier molecular flexibility index (Phi) is 5.26. The van der Waals surface area contributed by atoms with Gasteiger partial charge >= 0.3 is 0 Å². The standard InChI is InChI=1S/C15H25NO2/c1-12-4-3-5-13(6-12)9-17-11-15-7-14(8-16-2)10-18-15/h7,10,12-13,16H,3-6,8-9,11H2,1-2H3.